The Morgan fingerprint density at radius 2 is 2.14 bits per heavy atom. The summed E-state index contributed by atoms with van der Waals surface area (Å²) in [6.07, 6.45) is 2.29. The molecule has 1 atom stereocenters. The van der Waals surface area contributed by atoms with Crippen molar-refractivity contribution in [3.63, 3.8) is 0 Å². The smallest absolute Gasteiger partial charge is 0.315 e. The first-order chi connectivity index (χ1) is 10.6. The highest BCUT2D eigenvalue weighted by molar-refractivity contribution is 5.84. The summed E-state index contributed by atoms with van der Waals surface area (Å²) < 4.78 is 0. The SMILES string of the molecule is Cc1[nH]c2ccccc2c1CCNC(=O)NC(C)CCCO. The van der Waals surface area contributed by atoms with Crippen LogP contribution >= 0.6 is 0 Å². The van der Waals surface area contributed by atoms with Crippen LogP contribution in [0, 0.1) is 6.92 Å². The number of aryl methyl sites for hydroxylation is 1. The van der Waals surface area contributed by atoms with E-state index in [9.17, 15) is 4.79 Å². The lowest BCUT2D eigenvalue weighted by molar-refractivity contribution is 0.234. The van der Waals surface area contributed by atoms with Crippen molar-refractivity contribution in [2.24, 2.45) is 0 Å². The molecule has 5 nitrogen and oxygen atoms in total. The molecule has 0 saturated carbocycles. The van der Waals surface area contributed by atoms with Crippen LogP contribution in [-0.4, -0.2) is 35.3 Å². The second-order valence-electron chi connectivity index (χ2n) is 5.69. The van der Waals surface area contributed by atoms with E-state index in [1.54, 1.807) is 0 Å². The van der Waals surface area contributed by atoms with Gasteiger partial charge in [0, 0.05) is 35.8 Å². The second-order valence-corrected chi connectivity index (χ2v) is 5.69. The molecular weight excluding hydrogens is 278 g/mol. The number of hydrogen-bond donors (Lipinski definition) is 4. The predicted molar refractivity (Wildman–Crippen MR) is 89.1 cm³/mol. The Balaban J connectivity index is 1.82. The van der Waals surface area contributed by atoms with E-state index in [1.165, 1.54) is 10.9 Å². The van der Waals surface area contributed by atoms with Crippen molar-refractivity contribution in [2.45, 2.75) is 39.2 Å². The molecule has 5 heteroatoms. The molecule has 1 aromatic carbocycles. The number of aliphatic hydroxyl groups excluding tert-OH is 1. The van der Waals surface area contributed by atoms with Gasteiger partial charge in [0.2, 0.25) is 0 Å². The topological polar surface area (TPSA) is 77.2 Å². The lowest BCUT2D eigenvalue weighted by atomic mass is 10.1. The number of urea groups is 1. The van der Waals surface area contributed by atoms with Crippen LogP contribution in [0.25, 0.3) is 10.9 Å². The Hall–Kier alpha value is -2.01. The molecule has 2 aromatic rings. The first-order valence-electron chi connectivity index (χ1n) is 7.83. The minimum Gasteiger partial charge on any atom is -0.396 e. The van der Waals surface area contributed by atoms with Crippen LogP contribution in [0.15, 0.2) is 24.3 Å². The molecule has 0 saturated heterocycles. The highest BCUT2D eigenvalue weighted by atomic mass is 16.3. The lowest BCUT2D eigenvalue weighted by Crippen LogP contribution is -2.41. The van der Waals surface area contributed by atoms with Crippen LogP contribution in [0.3, 0.4) is 0 Å². The standard InChI is InChI=1S/C17H25N3O2/c1-12(6-5-11-21)19-17(22)18-10-9-14-13(2)20-16-8-4-3-7-15(14)16/h3-4,7-8,12,20-21H,5-6,9-11H2,1-2H3,(H2,18,19,22). The zero-order valence-corrected chi connectivity index (χ0v) is 13.3. The van der Waals surface area contributed by atoms with Gasteiger partial charge in [-0.15, -0.1) is 0 Å². The van der Waals surface area contributed by atoms with Crippen LogP contribution in [-0.2, 0) is 6.42 Å². The van der Waals surface area contributed by atoms with Gasteiger partial charge in [0.25, 0.3) is 0 Å². The van der Waals surface area contributed by atoms with Gasteiger partial charge in [-0.3, -0.25) is 0 Å². The maximum Gasteiger partial charge on any atom is 0.315 e. The average Bonchev–Trinajstić information content (AvgIpc) is 2.81. The van der Waals surface area contributed by atoms with Crippen LogP contribution in [0.4, 0.5) is 4.79 Å². The summed E-state index contributed by atoms with van der Waals surface area (Å²) in [6, 6.07) is 8.13. The molecular formula is C17H25N3O2. The normalized spacial score (nSPS) is 12.3. The van der Waals surface area contributed by atoms with Gasteiger partial charge in [0.05, 0.1) is 0 Å². The molecule has 22 heavy (non-hydrogen) atoms. The lowest BCUT2D eigenvalue weighted by Gasteiger charge is -2.14. The minimum atomic E-state index is -0.150. The van der Waals surface area contributed by atoms with E-state index in [0.717, 1.165) is 24.1 Å². The Labute approximate surface area is 131 Å². The maximum atomic E-state index is 11.8. The number of carbonyl (C=O) groups excluding carboxylic acids is 1. The third-order valence-corrected chi connectivity index (χ3v) is 3.86. The Morgan fingerprint density at radius 3 is 2.91 bits per heavy atom. The molecule has 120 valence electrons. The fourth-order valence-electron chi connectivity index (χ4n) is 2.70. The summed E-state index contributed by atoms with van der Waals surface area (Å²) >= 11 is 0. The van der Waals surface area contributed by atoms with Crippen molar-refractivity contribution in [3.05, 3.63) is 35.5 Å². The molecule has 0 aliphatic carbocycles. The van der Waals surface area contributed by atoms with Gasteiger partial charge < -0.3 is 20.7 Å². The number of carbonyl (C=O) groups is 1. The Kier molecular flexibility index (Phi) is 5.83. The molecule has 0 bridgehead atoms. The molecule has 0 fully saturated rings. The number of aromatic nitrogens is 1. The third-order valence-electron chi connectivity index (χ3n) is 3.86. The number of para-hydroxylation sites is 1. The van der Waals surface area contributed by atoms with Crippen molar-refractivity contribution in [1.82, 2.24) is 15.6 Å². The summed E-state index contributed by atoms with van der Waals surface area (Å²) in [7, 11) is 0. The van der Waals surface area contributed by atoms with Crippen LogP contribution < -0.4 is 10.6 Å². The van der Waals surface area contributed by atoms with E-state index < -0.39 is 0 Å². The fourth-order valence-corrected chi connectivity index (χ4v) is 2.70. The quantitative estimate of drug-likeness (QED) is 0.634. The molecule has 2 rings (SSSR count). The molecule has 1 heterocycles. The van der Waals surface area contributed by atoms with Gasteiger partial charge in [-0.2, -0.15) is 0 Å². The van der Waals surface area contributed by atoms with Crippen LogP contribution in [0.1, 0.15) is 31.0 Å². The van der Waals surface area contributed by atoms with Gasteiger partial charge in [0.15, 0.2) is 0 Å². The Morgan fingerprint density at radius 1 is 1.36 bits per heavy atom. The van der Waals surface area contributed by atoms with E-state index in [1.807, 2.05) is 19.1 Å². The van der Waals surface area contributed by atoms with E-state index in [4.69, 9.17) is 5.11 Å². The van der Waals surface area contributed by atoms with Gasteiger partial charge in [-0.1, -0.05) is 18.2 Å². The largest absolute Gasteiger partial charge is 0.396 e. The molecule has 0 aliphatic rings. The zero-order chi connectivity index (χ0) is 15.9. The van der Waals surface area contributed by atoms with E-state index in [0.29, 0.717) is 13.0 Å². The fraction of sp³-hybridized carbons (Fsp3) is 0.471. The Bertz CT molecular complexity index is 621. The highest BCUT2D eigenvalue weighted by Gasteiger charge is 2.09. The van der Waals surface area contributed by atoms with Crippen molar-refractivity contribution < 1.29 is 9.90 Å². The molecule has 2 amide bonds. The number of aromatic amines is 1. The third kappa shape index (κ3) is 4.24. The van der Waals surface area contributed by atoms with Crippen LogP contribution in [0.5, 0.6) is 0 Å². The number of aliphatic hydroxyl groups is 1. The van der Waals surface area contributed by atoms with Gasteiger partial charge in [0.1, 0.15) is 0 Å². The number of nitrogens with one attached hydrogen (secondary N) is 3. The monoisotopic (exact) mass is 303 g/mol. The summed E-state index contributed by atoms with van der Waals surface area (Å²) in [5.41, 5.74) is 3.54. The first kappa shape index (κ1) is 16.4. The number of hydrogen-bond acceptors (Lipinski definition) is 2. The number of fused-ring (bicyclic) bond motifs is 1. The predicted octanol–water partition coefficient (Wildman–Crippen LogP) is 2.48. The number of H-pyrrole nitrogens is 1. The van der Waals surface area contributed by atoms with E-state index in [2.05, 4.69) is 34.7 Å². The number of benzene rings is 1. The average molecular weight is 303 g/mol. The second kappa shape index (κ2) is 7.84. The van der Waals surface area contributed by atoms with Gasteiger partial charge in [-0.25, -0.2) is 4.79 Å². The van der Waals surface area contributed by atoms with Gasteiger partial charge in [-0.05, 0) is 44.7 Å². The molecule has 1 aromatic heterocycles. The molecule has 0 aliphatic heterocycles. The molecule has 4 N–H and O–H groups in total. The van der Waals surface area contributed by atoms with Crippen molar-refractivity contribution in [3.8, 4) is 0 Å². The maximum absolute atomic E-state index is 11.8. The van der Waals surface area contributed by atoms with Crippen molar-refractivity contribution in [2.75, 3.05) is 13.2 Å². The minimum absolute atomic E-state index is 0.0713. The summed E-state index contributed by atoms with van der Waals surface area (Å²) in [4.78, 5) is 15.2. The number of amides is 2. The first-order valence-corrected chi connectivity index (χ1v) is 7.83. The molecule has 0 radical (unpaired) electrons. The van der Waals surface area contributed by atoms with E-state index >= 15 is 0 Å². The van der Waals surface area contributed by atoms with Gasteiger partial charge >= 0.3 is 6.03 Å². The summed E-state index contributed by atoms with van der Waals surface area (Å²) in [5, 5.41) is 15.8. The molecule has 1 unspecified atom stereocenters. The zero-order valence-electron chi connectivity index (χ0n) is 13.3. The summed E-state index contributed by atoms with van der Waals surface area (Å²) in [5.74, 6) is 0. The molecule has 0 spiro atoms. The van der Waals surface area contributed by atoms with Crippen molar-refractivity contribution >= 4 is 16.9 Å². The van der Waals surface area contributed by atoms with E-state index in [-0.39, 0.29) is 18.7 Å². The van der Waals surface area contributed by atoms with Crippen molar-refractivity contribution in [1.29, 1.82) is 0 Å². The number of rotatable bonds is 7. The highest BCUT2D eigenvalue weighted by Crippen LogP contribution is 2.21. The summed E-state index contributed by atoms with van der Waals surface area (Å²) in [6.45, 7) is 4.76. The van der Waals surface area contributed by atoms with Crippen LogP contribution in [0.2, 0.25) is 0 Å².